The van der Waals surface area contributed by atoms with Gasteiger partial charge in [-0.15, -0.1) is 0 Å². The number of rotatable bonds is 21. The molecule has 0 bridgehead atoms. The molecule has 0 aliphatic heterocycles. The van der Waals surface area contributed by atoms with Gasteiger partial charge in [0, 0.05) is 29.8 Å². The summed E-state index contributed by atoms with van der Waals surface area (Å²) in [6.07, 6.45) is -28.8. The highest BCUT2D eigenvalue weighted by molar-refractivity contribution is 5.41. The molecule has 0 aliphatic carbocycles. The number of hydrogen-bond donors (Lipinski definition) is 0. The molecule has 0 fully saturated rings. The summed E-state index contributed by atoms with van der Waals surface area (Å²) in [4.78, 5) is 0. The van der Waals surface area contributed by atoms with Crippen LogP contribution in [0, 0.1) is 196 Å². The molecule has 0 spiro atoms. The smallest absolute Gasteiger partial charge is 0.429 e. The third-order valence-corrected chi connectivity index (χ3v) is 19.7. The first-order chi connectivity index (χ1) is 66.3. The van der Waals surface area contributed by atoms with Crippen LogP contribution in [0.3, 0.4) is 0 Å². The van der Waals surface area contributed by atoms with Crippen molar-refractivity contribution in [2.24, 2.45) is 0 Å². The van der Waals surface area contributed by atoms with Crippen molar-refractivity contribution in [3.8, 4) is 40.2 Å². The van der Waals surface area contributed by atoms with E-state index in [2.05, 4.69) is 33.2 Å². The number of alkyl halides is 14. The normalized spacial score (nSPS) is 11.5. The molecule has 760 valence electrons. The molecule has 0 saturated carbocycles. The van der Waals surface area contributed by atoms with Crippen molar-refractivity contribution in [3.05, 3.63) is 452 Å². The molecule has 7 nitrogen and oxygen atoms in total. The zero-order valence-corrected chi connectivity index (χ0v) is 77.1. The molecular formula is C105H81F31O7. The van der Waals surface area contributed by atoms with Gasteiger partial charge in [-0.05, 0) is 298 Å². The maximum absolute atomic E-state index is 13.9. The van der Waals surface area contributed by atoms with E-state index in [-0.39, 0.29) is 61.9 Å². The van der Waals surface area contributed by atoms with E-state index in [1.165, 1.54) is 121 Å². The molecule has 0 aromatic heterocycles. The maximum Gasteiger partial charge on any atom is 0.432 e. The van der Waals surface area contributed by atoms with E-state index in [1.54, 1.807) is 71.0 Å². The number of ether oxygens (including phenoxy) is 7. The Morgan fingerprint density at radius 3 is 0.580 bits per heavy atom. The molecule has 14 aromatic rings. The Morgan fingerprint density at radius 2 is 0.336 bits per heavy atom. The van der Waals surface area contributed by atoms with Gasteiger partial charge in [-0.3, -0.25) is 0 Å². The van der Waals surface area contributed by atoms with Crippen molar-refractivity contribution in [1.29, 1.82) is 0 Å². The van der Waals surface area contributed by atoms with Gasteiger partial charge in [0.05, 0.1) is 11.1 Å². The molecule has 0 unspecified atom stereocenters. The van der Waals surface area contributed by atoms with E-state index in [0.29, 0.717) is 46.5 Å². The van der Waals surface area contributed by atoms with Crippen molar-refractivity contribution in [3.63, 3.8) is 0 Å². The molecule has 0 saturated heterocycles. The lowest BCUT2D eigenvalue weighted by atomic mass is 10.1. The Hall–Kier alpha value is -14.5. The van der Waals surface area contributed by atoms with E-state index in [0.717, 1.165) is 127 Å². The van der Waals surface area contributed by atoms with Crippen LogP contribution < -0.4 is 33.2 Å². The molecule has 0 N–H and O–H groups in total. The summed E-state index contributed by atoms with van der Waals surface area (Å²) in [6, 6.07) is 43.0. The third-order valence-electron chi connectivity index (χ3n) is 19.7. The minimum atomic E-state index is -4.43. The molecular weight excluding hydrogens is 1960 g/mol. The van der Waals surface area contributed by atoms with Gasteiger partial charge in [-0.1, -0.05) is 83.4 Å². The molecule has 0 radical (unpaired) electrons. The van der Waals surface area contributed by atoms with Crippen molar-refractivity contribution in [2.75, 3.05) is 0 Å². The second-order valence-electron chi connectivity index (χ2n) is 32.0. The summed E-state index contributed by atoms with van der Waals surface area (Å²) in [5.41, 5.74) is -3.88. The number of hydrogen-bond acceptors (Lipinski definition) is 7. The topological polar surface area (TPSA) is 64.6 Å². The molecule has 0 aliphatic rings. The first-order valence-corrected chi connectivity index (χ1v) is 41.5. The molecule has 0 atom stereocenters. The van der Waals surface area contributed by atoms with Gasteiger partial charge in [0.1, 0.15) is 155 Å². The lowest BCUT2D eigenvalue weighted by molar-refractivity contribution is -0.191. The van der Waals surface area contributed by atoms with Crippen molar-refractivity contribution < 1.29 is 169 Å². The predicted molar refractivity (Wildman–Crippen MR) is 467 cm³/mol. The van der Waals surface area contributed by atoms with E-state index in [9.17, 15) is 136 Å². The summed E-state index contributed by atoms with van der Waals surface area (Å²) in [7, 11) is 0. The Morgan fingerprint density at radius 1 is 0.147 bits per heavy atom. The van der Waals surface area contributed by atoms with E-state index >= 15 is 0 Å². The lowest BCUT2D eigenvalue weighted by Gasteiger charge is -2.20. The lowest BCUT2D eigenvalue weighted by Crippen LogP contribution is -2.25. The maximum atomic E-state index is 13.9. The molecule has 143 heavy (non-hydrogen) atoms. The zero-order valence-electron chi connectivity index (χ0n) is 77.1. The van der Waals surface area contributed by atoms with Gasteiger partial charge in [-0.25, -0.2) is 74.6 Å². The van der Waals surface area contributed by atoms with Gasteiger partial charge in [0.15, 0.2) is 11.6 Å². The second kappa shape index (κ2) is 46.9. The minimum absolute atomic E-state index is 0.00410. The van der Waals surface area contributed by atoms with E-state index < -0.39 is 198 Å². The van der Waals surface area contributed by atoms with Crippen molar-refractivity contribution >= 4 is 0 Å². The van der Waals surface area contributed by atoms with Crippen LogP contribution in [0.5, 0.6) is 40.2 Å². The molecule has 38 heteroatoms. The van der Waals surface area contributed by atoms with E-state index in [4.69, 9.17) is 0 Å². The van der Waals surface area contributed by atoms with Crippen molar-refractivity contribution in [2.45, 2.75) is 140 Å². The summed E-state index contributed by atoms with van der Waals surface area (Å²) >= 11 is 0. The average molecular weight is 2040 g/mol. The van der Waals surface area contributed by atoms with Crippen LogP contribution in [0.1, 0.15) is 117 Å². The summed E-state index contributed by atoms with van der Waals surface area (Å²) < 4.78 is 455. The first-order valence-electron chi connectivity index (χ1n) is 41.5. The van der Waals surface area contributed by atoms with E-state index in [1.807, 2.05) is 6.92 Å². The average Bonchev–Trinajstić information content (AvgIpc) is 0.818. The highest BCUT2D eigenvalue weighted by Crippen LogP contribution is 2.44. The Bertz CT molecular complexity index is 6560. The van der Waals surface area contributed by atoms with Crippen LogP contribution in [0.15, 0.2) is 237 Å². The molecule has 14 rings (SSSR count). The van der Waals surface area contributed by atoms with Gasteiger partial charge in [0.2, 0.25) is 0 Å². The van der Waals surface area contributed by atoms with Gasteiger partial charge < -0.3 is 33.2 Å². The van der Waals surface area contributed by atoms with Crippen LogP contribution in [0.25, 0.3) is 0 Å². The third kappa shape index (κ3) is 31.3. The Labute approximate surface area is 798 Å². The highest BCUT2D eigenvalue weighted by atomic mass is 19.3. The fourth-order valence-electron chi connectivity index (χ4n) is 12.5. The standard InChI is InChI=1S/C15H10F6O.2C15H11F5O.3C15H12F4O.C15H13F3O/c1-7-3-12(18)14(13(19)4-7)15(20,21)22-9-5-10(16)8(2)11(17)6-9;1-8-5-12(17)14(13(18)6-8)15(19,20)21-10-4-3-9(2)11(16)7-10;1-8-3-4-13(10(16)5-8)21-15(19,20)14-11(17)6-9(2)7-12(14)18;1-9-3-6-12(14(17)7-9)15(18,19)20-11-5-4-10(2)13(16)8-11;2*1-9-3-5-11(6-4-9)20-15(18,19)14-12(16)7-10(2)8-13(14)17;1-10-3-6-12(7-4-10)19-15(17,18)13-8-5-11(2)9-14(13)16/h3-6H,1-2H3;2*3-7H,1-2H3;3*3-8H,1-2H3;3-9H,1-2H3. The fourth-order valence-corrected chi connectivity index (χ4v) is 12.5. The highest BCUT2D eigenvalue weighted by Gasteiger charge is 2.47. The summed E-state index contributed by atoms with van der Waals surface area (Å²) in [5.74, 6) is -23.8. The number of aryl methyl sites for hydroxylation is 13. The number of benzene rings is 14. The Kier molecular flexibility index (Phi) is 37.3. The molecule has 14 aromatic carbocycles. The quantitative estimate of drug-likeness (QED) is 0.0664. The second-order valence-corrected chi connectivity index (χ2v) is 32.0. The Balaban J connectivity index is 0.000000204. The molecule has 0 amide bonds. The summed E-state index contributed by atoms with van der Waals surface area (Å²) in [5, 5.41) is 0. The van der Waals surface area contributed by atoms with Crippen LogP contribution in [0.2, 0.25) is 0 Å². The zero-order chi connectivity index (χ0) is 107. The fraction of sp³-hybridized carbons (Fsp3) is 0.200. The van der Waals surface area contributed by atoms with Crippen LogP contribution >= 0.6 is 0 Å². The number of halogens is 31. The minimum Gasteiger partial charge on any atom is -0.429 e. The van der Waals surface area contributed by atoms with Crippen LogP contribution in [-0.4, -0.2) is 0 Å². The monoisotopic (exact) mass is 2040 g/mol. The van der Waals surface area contributed by atoms with Gasteiger partial charge in [0.25, 0.3) is 0 Å². The molecule has 0 heterocycles. The van der Waals surface area contributed by atoms with Crippen LogP contribution in [-0.2, 0) is 42.8 Å². The largest absolute Gasteiger partial charge is 0.432 e. The van der Waals surface area contributed by atoms with Gasteiger partial charge in [-0.2, -0.15) is 61.5 Å². The first kappa shape index (κ1) is 114. The van der Waals surface area contributed by atoms with Gasteiger partial charge >= 0.3 is 42.8 Å². The van der Waals surface area contributed by atoms with Crippen LogP contribution in [0.4, 0.5) is 136 Å². The summed E-state index contributed by atoms with van der Waals surface area (Å²) in [6.45, 7) is 21.1. The predicted octanol–water partition coefficient (Wildman–Crippen LogP) is 33.4. The SMILES string of the molecule is Cc1cc(F)c(C(F)(F)Oc2cc(F)c(C)c(F)c2)c(F)c1.Cc1cc(F)c(C(F)(F)Oc2ccc(C)c(F)c2)c(F)c1.Cc1ccc(C(F)(F)Oc2ccc(C)c(F)c2)c(F)c1.Cc1ccc(OC(F)(F)c2c(F)cc(C)cc2F)c(F)c1.Cc1ccc(OC(F)(F)c2c(F)cc(C)cc2F)cc1.Cc1ccc(OC(F)(F)c2c(F)cc(C)cc2F)cc1.Cc1ccc(OC(F)(F)c2ccc(C)cc2F)cc1. The van der Waals surface area contributed by atoms with Crippen molar-refractivity contribution in [1.82, 2.24) is 0 Å².